The molecule has 3 rings (SSSR count). The lowest BCUT2D eigenvalue weighted by Gasteiger charge is -2.22. The van der Waals surface area contributed by atoms with Crippen molar-refractivity contribution in [2.24, 2.45) is 0 Å². The van der Waals surface area contributed by atoms with Gasteiger partial charge in [0.05, 0.1) is 0 Å². The number of ether oxygens (including phenoxy) is 1. The van der Waals surface area contributed by atoms with Crippen LogP contribution in [0.5, 0.6) is 0 Å². The molecule has 0 radical (unpaired) electrons. The number of nitrogens with zero attached hydrogens (tertiary/aromatic N) is 1. The average molecular weight is 235 g/mol. The standard InChI is InChI=1S/C13H21N3O/c1-2-11(8-14-5-1)13-15-9-12(16-13)10-3-6-17-7-4-10/h9-11,14H,1-8H2,(H,15,16). The number of rotatable bonds is 2. The summed E-state index contributed by atoms with van der Waals surface area (Å²) in [6, 6.07) is 0. The Bertz CT molecular complexity index is 319. The Labute approximate surface area is 102 Å². The normalized spacial score (nSPS) is 27.2. The van der Waals surface area contributed by atoms with Crippen LogP contribution in [-0.4, -0.2) is 36.3 Å². The second kappa shape index (κ2) is 5.19. The third kappa shape index (κ3) is 2.53. The van der Waals surface area contributed by atoms with Crippen LogP contribution in [0.1, 0.15) is 49.0 Å². The molecule has 4 heteroatoms. The molecule has 0 aliphatic carbocycles. The second-order valence-corrected chi connectivity index (χ2v) is 5.15. The highest BCUT2D eigenvalue weighted by atomic mass is 16.5. The smallest absolute Gasteiger partial charge is 0.110 e. The fraction of sp³-hybridized carbons (Fsp3) is 0.769. The molecular weight excluding hydrogens is 214 g/mol. The Morgan fingerprint density at radius 1 is 1.18 bits per heavy atom. The lowest BCUT2D eigenvalue weighted by molar-refractivity contribution is 0.0845. The molecule has 3 heterocycles. The van der Waals surface area contributed by atoms with Crippen molar-refractivity contribution >= 4 is 0 Å². The van der Waals surface area contributed by atoms with Crippen molar-refractivity contribution in [1.82, 2.24) is 15.3 Å². The first-order chi connectivity index (χ1) is 8.43. The summed E-state index contributed by atoms with van der Waals surface area (Å²) in [7, 11) is 0. The van der Waals surface area contributed by atoms with Gasteiger partial charge in [-0.15, -0.1) is 0 Å². The fourth-order valence-corrected chi connectivity index (χ4v) is 2.86. The van der Waals surface area contributed by atoms with Gasteiger partial charge >= 0.3 is 0 Å². The molecule has 2 aliphatic rings. The molecule has 2 saturated heterocycles. The Hall–Kier alpha value is -0.870. The Balaban J connectivity index is 1.68. The summed E-state index contributed by atoms with van der Waals surface area (Å²) in [5, 5.41) is 3.44. The molecule has 1 aromatic heterocycles. The summed E-state index contributed by atoms with van der Waals surface area (Å²) in [6.45, 7) is 4.01. The molecule has 0 saturated carbocycles. The van der Waals surface area contributed by atoms with Crippen molar-refractivity contribution in [3.63, 3.8) is 0 Å². The monoisotopic (exact) mass is 235 g/mol. The Kier molecular flexibility index (Phi) is 3.43. The van der Waals surface area contributed by atoms with Crippen molar-refractivity contribution in [3.05, 3.63) is 17.7 Å². The molecule has 94 valence electrons. The quantitative estimate of drug-likeness (QED) is 0.821. The van der Waals surface area contributed by atoms with Crippen LogP contribution in [0.15, 0.2) is 6.20 Å². The van der Waals surface area contributed by atoms with E-state index < -0.39 is 0 Å². The van der Waals surface area contributed by atoms with Gasteiger partial charge in [-0.3, -0.25) is 0 Å². The number of hydrogen-bond acceptors (Lipinski definition) is 3. The summed E-state index contributed by atoms with van der Waals surface area (Å²) in [5.74, 6) is 2.39. The predicted molar refractivity (Wildman–Crippen MR) is 66.2 cm³/mol. The van der Waals surface area contributed by atoms with Gasteiger partial charge < -0.3 is 15.0 Å². The molecule has 17 heavy (non-hydrogen) atoms. The topological polar surface area (TPSA) is 49.9 Å². The van der Waals surface area contributed by atoms with Gasteiger partial charge in [-0.2, -0.15) is 0 Å². The average Bonchev–Trinajstić information content (AvgIpc) is 2.90. The molecule has 0 bridgehead atoms. The first-order valence-corrected chi connectivity index (χ1v) is 6.77. The first kappa shape index (κ1) is 11.2. The Morgan fingerprint density at radius 2 is 2.06 bits per heavy atom. The van der Waals surface area contributed by atoms with Crippen molar-refractivity contribution in [2.75, 3.05) is 26.3 Å². The number of aromatic nitrogens is 2. The molecular formula is C13H21N3O. The van der Waals surface area contributed by atoms with E-state index in [2.05, 4.69) is 15.3 Å². The third-order valence-corrected chi connectivity index (χ3v) is 3.96. The molecule has 2 N–H and O–H groups in total. The van der Waals surface area contributed by atoms with Gasteiger partial charge in [0, 0.05) is 43.5 Å². The van der Waals surface area contributed by atoms with Gasteiger partial charge in [0.2, 0.25) is 0 Å². The van der Waals surface area contributed by atoms with Crippen LogP contribution in [0.4, 0.5) is 0 Å². The molecule has 4 nitrogen and oxygen atoms in total. The minimum absolute atomic E-state index is 0.581. The third-order valence-electron chi connectivity index (χ3n) is 3.96. The van der Waals surface area contributed by atoms with E-state index in [1.807, 2.05) is 6.20 Å². The van der Waals surface area contributed by atoms with Crippen molar-refractivity contribution in [2.45, 2.75) is 37.5 Å². The van der Waals surface area contributed by atoms with Crippen molar-refractivity contribution in [3.8, 4) is 0 Å². The summed E-state index contributed by atoms with van der Waals surface area (Å²) in [5.41, 5.74) is 1.31. The van der Waals surface area contributed by atoms with Gasteiger partial charge in [-0.05, 0) is 32.2 Å². The molecule has 1 unspecified atom stereocenters. The van der Waals surface area contributed by atoms with Crippen LogP contribution >= 0.6 is 0 Å². The highest BCUT2D eigenvalue weighted by Crippen LogP contribution is 2.27. The summed E-state index contributed by atoms with van der Waals surface area (Å²) in [4.78, 5) is 8.12. The number of nitrogens with one attached hydrogen (secondary N) is 2. The van der Waals surface area contributed by atoms with E-state index in [-0.39, 0.29) is 0 Å². The maximum atomic E-state index is 5.40. The van der Waals surface area contributed by atoms with E-state index >= 15 is 0 Å². The number of imidazole rings is 1. The van der Waals surface area contributed by atoms with Gasteiger partial charge in [0.25, 0.3) is 0 Å². The van der Waals surface area contributed by atoms with Gasteiger partial charge in [0.1, 0.15) is 5.82 Å². The predicted octanol–water partition coefficient (Wildman–Crippen LogP) is 1.77. The molecule has 1 aromatic rings. The lowest BCUT2D eigenvalue weighted by atomic mass is 9.97. The van der Waals surface area contributed by atoms with Gasteiger partial charge in [0.15, 0.2) is 0 Å². The fourth-order valence-electron chi connectivity index (χ4n) is 2.86. The van der Waals surface area contributed by atoms with E-state index in [1.165, 1.54) is 24.4 Å². The first-order valence-electron chi connectivity index (χ1n) is 6.77. The van der Waals surface area contributed by atoms with Crippen LogP contribution in [0.25, 0.3) is 0 Å². The van der Waals surface area contributed by atoms with E-state index in [1.54, 1.807) is 0 Å². The lowest BCUT2D eigenvalue weighted by Crippen LogP contribution is -2.29. The molecule has 2 aliphatic heterocycles. The highest BCUT2D eigenvalue weighted by Gasteiger charge is 2.21. The van der Waals surface area contributed by atoms with Crippen molar-refractivity contribution in [1.29, 1.82) is 0 Å². The summed E-state index contributed by atoms with van der Waals surface area (Å²) < 4.78 is 5.40. The maximum Gasteiger partial charge on any atom is 0.110 e. The molecule has 0 aromatic carbocycles. The molecule has 0 spiro atoms. The largest absolute Gasteiger partial charge is 0.381 e. The highest BCUT2D eigenvalue weighted by molar-refractivity contribution is 5.11. The van der Waals surface area contributed by atoms with Crippen LogP contribution in [0.2, 0.25) is 0 Å². The summed E-state index contributed by atoms with van der Waals surface area (Å²) >= 11 is 0. The van der Waals surface area contributed by atoms with E-state index in [0.29, 0.717) is 11.8 Å². The minimum atomic E-state index is 0.581. The number of H-pyrrole nitrogens is 1. The van der Waals surface area contributed by atoms with E-state index in [9.17, 15) is 0 Å². The zero-order chi connectivity index (χ0) is 11.5. The van der Waals surface area contributed by atoms with E-state index in [4.69, 9.17) is 4.74 Å². The van der Waals surface area contributed by atoms with Gasteiger partial charge in [-0.25, -0.2) is 4.98 Å². The van der Waals surface area contributed by atoms with Crippen LogP contribution in [0.3, 0.4) is 0 Å². The molecule has 2 fully saturated rings. The SMILES string of the molecule is c1nc(C2CCCNC2)[nH]c1C1CCOCC1. The summed E-state index contributed by atoms with van der Waals surface area (Å²) in [6.07, 6.45) is 6.82. The maximum absolute atomic E-state index is 5.40. The van der Waals surface area contributed by atoms with Crippen LogP contribution in [0, 0.1) is 0 Å². The zero-order valence-electron chi connectivity index (χ0n) is 10.2. The van der Waals surface area contributed by atoms with E-state index in [0.717, 1.165) is 39.1 Å². The molecule has 1 atom stereocenters. The van der Waals surface area contributed by atoms with Crippen LogP contribution < -0.4 is 5.32 Å². The van der Waals surface area contributed by atoms with Crippen LogP contribution in [-0.2, 0) is 4.74 Å². The van der Waals surface area contributed by atoms with Gasteiger partial charge in [-0.1, -0.05) is 0 Å². The zero-order valence-corrected chi connectivity index (χ0v) is 10.2. The number of aromatic amines is 1. The Morgan fingerprint density at radius 3 is 2.82 bits per heavy atom. The second-order valence-electron chi connectivity index (χ2n) is 5.15. The minimum Gasteiger partial charge on any atom is -0.381 e. The number of hydrogen-bond donors (Lipinski definition) is 2. The molecule has 0 amide bonds. The van der Waals surface area contributed by atoms with Crippen molar-refractivity contribution < 1.29 is 4.74 Å². The number of piperidine rings is 1.